The van der Waals surface area contributed by atoms with E-state index in [-0.39, 0.29) is 36.7 Å². The highest BCUT2D eigenvalue weighted by Gasteiger charge is 2.41. The van der Waals surface area contributed by atoms with Crippen LogP contribution in [-0.2, 0) is 11.0 Å². The molecule has 3 heterocycles. The number of rotatable bonds is 5. The fraction of sp³-hybridized carbons (Fsp3) is 0.368. The van der Waals surface area contributed by atoms with Crippen LogP contribution in [0.1, 0.15) is 19.4 Å². The van der Waals surface area contributed by atoms with Crippen molar-refractivity contribution in [3.8, 4) is 0 Å². The summed E-state index contributed by atoms with van der Waals surface area (Å²) in [5.74, 6) is -1.27. The van der Waals surface area contributed by atoms with Crippen molar-refractivity contribution in [1.29, 1.82) is 0 Å². The molecule has 7 nitrogen and oxygen atoms in total. The molecule has 1 fully saturated rings. The Hall–Kier alpha value is -3.24. The van der Waals surface area contributed by atoms with Gasteiger partial charge in [0.15, 0.2) is 0 Å². The predicted molar refractivity (Wildman–Crippen MR) is 100 cm³/mol. The number of carbonyl (C=O) groups excluding carboxylic acids is 2. The molecule has 0 bridgehead atoms. The largest absolute Gasteiger partial charge is 0.416 e. The number of alkyl halides is 3. The maximum absolute atomic E-state index is 13.1. The van der Waals surface area contributed by atoms with Gasteiger partial charge in [0.2, 0.25) is 5.91 Å². The lowest BCUT2D eigenvalue weighted by Gasteiger charge is -2.25. The number of hydrogen-bond donors (Lipinski definition) is 1. The number of carbonyl (C=O) groups is 2. The van der Waals surface area contributed by atoms with Crippen molar-refractivity contribution in [3.05, 3.63) is 48.0 Å². The zero-order valence-electron chi connectivity index (χ0n) is 16.2. The van der Waals surface area contributed by atoms with E-state index in [4.69, 9.17) is 0 Å². The molecular formula is C19H19F4N5O2. The van der Waals surface area contributed by atoms with Crippen LogP contribution in [-0.4, -0.2) is 45.9 Å². The smallest absolute Gasteiger partial charge is 0.310 e. The van der Waals surface area contributed by atoms with Crippen LogP contribution >= 0.6 is 0 Å². The molecule has 2 aromatic rings. The first-order valence-electron chi connectivity index (χ1n) is 9.09. The Morgan fingerprint density at radius 1 is 1.27 bits per heavy atom. The quantitative estimate of drug-likeness (QED) is 0.744. The summed E-state index contributed by atoms with van der Waals surface area (Å²) in [6.07, 6.45) is -2.64. The zero-order valence-corrected chi connectivity index (χ0v) is 16.2. The van der Waals surface area contributed by atoms with Gasteiger partial charge >= 0.3 is 12.2 Å². The Morgan fingerprint density at radius 3 is 2.60 bits per heavy atom. The van der Waals surface area contributed by atoms with Crippen LogP contribution in [0.2, 0.25) is 0 Å². The Balaban J connectivity index is 1.74. The number of pyridine rings is 2. The van der Waals surface area contributed by atoms with E-state index in [1.54, 1.807) is 0 Å². The fourth-order valence-electron chi connectivity index (χ4n) is 3.15. The molecule has 1 atom stereocenters. The summed E-state index contributed by atoms with van der Waals surface area (Å²) in [6, 6.07) is 3.21. The van der Waals surface area contributed by atoms with Gasteiger partial charge in [-0.25, -0.2) is 19.2 Å². The molecular weight excluding hydrogens is 406 g/mol. The first-order chi connectivity index (χ1) is 14.1. The SMILES string of the molecule is CC(C)[C@H]1CN(c2ccc(F)cn2)C(=O)N1CC(=O)Nc1cc(C(F)(F)F)ccn1. The van der Waals surface area contributed by atoms with Crippen molar-refractivity contribution in [2.45, 2.75) is 26.1 Å². The summed E-state index contributed by atoms with van der Waals surface area (Å²) in [7, 11) is 0. The van der Waals surface area contributed by atoms with Gasteiger partial charge in [-0.2, -0.15) is 13.2 Å². The lowest BCUT2D eigenvalue weighted by atomic mass is 10.0. The van der Waals surface area contributed by atoms with E-state index in [1.165, 1.54) is 21.9 Å². The summed E-state index contributed by atoms with van der Waals surface area (Å²) in [5.41, 5.74) is -0.946. The Labute approximate surface area is 169 Å². The normalized spacial score (nSPS) is 17.0. The molecule has 0 aromatic carbocycles. The van der Waals surface area contributed by atoms with Crippen LogP contribution in [0.3, 0.4) is 0 Å². The van der Waals surface area contributed by atoms with E-state index in [0.717, 1.165) is 24.5 Å². The van der Waals surface area contributed by atoms with Gasteiger partial charge in [0.25, 0.3) is 0 Å². The monoisotopic (exact) mass is 425 g/mol. The lowest BCUT2D eigenvalue weighted by Crippen LogP contribution is -2.42. The van der Waals surface area contributed by atoms with E-state index in [1.807, 2.05) is 13.8 Å². The van der Waals surface area contributed by atoms with Gasteiger partial charge < -0.3 is 10.2 Å². The maximum atomic E-state index is 13.1. The maximum Gasteiger partial charge on any atom is 0.416 e. The van der Waals surface area contributed by atoms with Gasteiger partial charge in [0, 0.05) is 12.7 Å². The molecule has 1 aliphatic heterocycles. The fourth-order valence-corrected chi connectivity index (χ4v) is 3.15. The Kier molecular flexibility index (Phi) is 5.90. The molecule has 0 spiro atoms. The number of aromatic nitrogens is 2. The third kappa shape index (κ3) is 4.66. The minimum Gasteiger partial charge on any atom is -0.310 e. The molecule has 3 rings (SSSR count). The summed E-state index contributed by atoms with van der Waals surface area (Å²) in [4.78, 5) is 35.6. The van der Waals surface area contributed by atoms with E-state index in [9.17, 15) is 27.2 Å². The van der Waals surface area contributed by atoms with E-state index >= 15 is 0 Å². The number of amides is 3. The third-order valence-corrected chi connectivity index (χ3v) is 4.67. The summed E-state index contributed by atoms with van der Waals surface area (Å²) in [5, 5.41) is 2.30. The number of anilines is 2. The first kappa shape index (κ1) is 21.5. The van der Waals surface area contributed by atoms with E-state index in [2.05, 4.69) is 15.3 Å². The van der Waals surface area contributed by atoms with Crippen LogP contribution in [0.15, 0.2) is 36.7 Å². The van der Waals surface area contributed by atoms with Crippen LogP contribution in [0.25, 0.3) is 0 Å². The third-order valence-electron chi connectivity index (χ3n) is 4.67. The number of nitrogens with one attached hydrogen (secondary N) is 1. The molecule has 0 radical (unpaired) electrons. The van der Waals surface area contributed by atoms with Gasteiger partial charge in [0.05, 0.1) is 17.8 Å². The molecule has 3 amide bonds. The van der Waals surface area contributed by atoms with Crippen molar-refractivity contribution in [1.82, 2.24) is 14.9 Å². The van der Waals surface area contributed by atoms with Gasteiger partial charge in [-0.3, -0.25) is 9.69 Å². The second-order valence-electron chi connectivity index (χ2n) is 7.14. The number of nitrogens with zero attached hydrogens (tertiary/aromatic N) is 4. The molecule has 1 N–H and O–H groups in total. The molecule has 1 saturated heterocycles. The number of hydrogen-bond acceptors (Lipinski definition) is 4. The van der Waals surface area contributed by atoms with Crippen LogP contribution in [0, 0.1) is 11.7 Å². The molecule has 0 unspecified atom stereocenters. The van der Waals surface area contributed by atoms with Crippen molar-refractivity contribution in [2.75, 3.05) is 23.3 Å². The van der Waals surface area contributed by atoms with Crippen LogP contribution in [0.4, 0.5) is 34.0 Å². The van der Waals surface area contributed by atoms with Crippen LogP contribution in [0.5, 0.6) is 0 Å². The highest BCUT2D eigenvalue weighted by molar-refractivity contribution is 5.99. The van der Waals surface area contributed by atoms with Gasteiger partial charge in [-0.15, -0.1) is 0 Å². The number of urea groups is 1. The molecule has 2 aromatic heterocycles. The van der Waals surface area contributed by atoms with Gasteiger partial charge in [-0.05, 0) is 30.2 Å². The summed E-state index contributed by atoms with van der Waals surface area (Å²) >= 11 is 0. The minimum absolute atomic E-state index is 0.0149. The highest BCUT2D eigenvalue weighted by Crippen LogP contribution is 2.30. The average molecular weight is 425 g/mol. The molecule has 11 heteroatoms. The molecule has 30 heavy (non-hydrogen) atoms. The number of halogens is 4. The van der Waals surface area contributed by atoms with Crippen molar-refractivity contribution in [2.24, 2.45) is 5.92 Å². The molecule has 0 saturated carbocycles. The minimum atomic E-state index is -4.57. The average Bonchev–Trinajstić information content (AvgIpc) is 2.98. The topological polar surface area (TPSA) is 78.4 Å². The van der Waals surface area contributed by atoms with E-state index < -0.39 is 29.5 Å². The molecule has 160 valence electrons. The standard InChI is InChI=1S/C19H19F4N5O2/c1-11(2)14-9-28(16-4-3-13(20)8-25-16)18(30)27(14)10-17(29)26-15-7-12(5-6-24-15)19(21,22)23/h3-8,11,14H,9-10H2,1-2H3,(H,24,26,29)/t14-/m1/s1. The first-order valence-corrected chi connectivity index (χ1v) is 9.09. The van der Waals surface area contributed by atoms with E-state index in [0.29, 0.717) is 0 Å². The Morgan fingerprint density at radius 2 is 2.00 bits per heavy atom. The van der Waals surface area contributed by atoms with Crippen LogP contribution < -0.4 is 10.2 Å². The summed E-state index contributed by atoms with van der Waals surface area (Å²) in [6.45, 7) is 3.61. The van der Waals surface area contributed by atoms with Gasteiger partial charge in [0.1, 0.15) is 24.0 Å². The molecule has 1 aliphatic rings. The zero-order chi connectivity index (χ0) is 22.1. The molecule has 0 aliphatic carbocycles. The second kappa shape index (κ2) is 8.25. The highest BCUT2D eigenvalue weighted by atomic mass is 19.4. The lowest BCUT2D eigenvalue weighted by molar-refractivity contribution is -0.137. The Bertz CT molecular complexity index is 933. The summed E-state index contributed by atoms with van der Waals surface area (Å²) < 4.78 is 51.6. The van der Waals surface area contributed by atoms with Crippen molar-refractivity contribution >= 4 is 23.6 Å². The second-order valence-corrected chi connectivity index (χ2v) is 7.14. The predicted octanol–water partition coefficient (Wildman–Crippen LogP) is 3.54. The van der Waals surface area contributed by atoms with Gasteiger partial charge in [-0.1, -0.05) is 13.8 Å². The van der Waals surface area contributed by atoms with Crippen molar-refractivity contribution in [3.63, 3.8) is 0 Å². The van der Waals surface area contributed by atoms with Crippen molar-refractivity contribution < 1.29 is 27.2 Å².